The van der Waals surface area contributed by atoms with E-state index in [4.69, 9.17) is 9.26 Å². The predicted octanol–water partition coefficient (Wildman–Crippen LogP) is 2.87. The first-order chi connectivity index (χ1) is 12.8. The number of aromatic nitrogens is 2. The molecule has 2 heterocycles. The van der Waals surface area contributed by atoms with Crippen molar-refractivity contribution in [3.8, 4) is 0 Å². The van der Waals surface area contributed by atoms with Gasteiger partial charge in [-0.15, -0.1) is 0 Å². The summed E-state index contributed by atoms with van der Waals surface area (Å²) in [4.78, 5) is 18.9. The van der Waals surface area contributed by atoms with Gasteiger partial charge in [0, 0.05) is 32.2 Å². The Bertz CT molecular complexity index is 595. The van der Waals surface area contributed by atoms with E-state index in [2.05, 4.69) is 15.5 Å². The van der Waals surface area contributed by atoms with Gasteiger partial charge in [0.25, 0.3) is 0 Å². The molecular formula is C19H30N4O3. The van der Waals surface area contributed by atoms with Crippen LogP contribution in [-0.4, -0.2) is 53.4 Å². The molecule has 0 bridgehead atoms. The van der Waals surface area contributed by atoms with Crippen LogP contribution in [0, 0.1) is 5.92 Å². The van der Waals surface area contributed by atoms with E-state index in [9.17, 15) is 4.79 Å². The third-order valence-electron chi connectivity index (χ3n) is 5.76. The maximum Gasteiger partial charge on any atom is 0.317 e. The molecule has 2 amide bonds. The van der Waals surface area contributed by atoms with Crippen molar-refractivity contribution >= 4 is 6.03 Å². The number of urea groups is 1. The molecule has 2 saturated carbocycles. The number of nitrogens with one attached hydrogen (secondary N) is 1. The first kappa shape index (κ1) is 17.8. The molecule has 0 radical (unpaired) electrons. The Morgan fingerprint density at radius 1 is 1.19 bits per heavy atom. The Morgan fingerprint density at radius 2 is 2.04 bits per heavy atom. The number of nitrogens with zero attached hydrogens (tertiary/aromatic N) is 3. The van der Waals surface area contributed by atoms with Gasteiger partial charge >= 0.3 is 6.03 Å². The van der Waals surface area contributed by atoms with E-state index in [1.54, 1.807) is 0 Å². The lowest BCUT2D eigenvalue weighted by Gasteiger charge is -2.26. The molecule has 1 atom stereocenters. The van der Waals surface area contributed by atoms with Gasteiger partial charge in [-0.05, 0) is 38.0 Å². The van der Waals surface area contributed by atoms with Crippen LogP contribution in [0.25, 0.3) is 0 Å². The van der Waals surface area contributed by atoms with Crippen LogP contribution in [0.15, 0.2) is 4.52 Å². The zero-order chi connectivity index (χ0) is 17.8. The monoisotopic (exact) mass is 362 g/mol. The van der Waals surface area contributed by atoms with Crippen molar-refractivity contribution in [1.82, 2.24) is 20.4 Å². The van der Waals surface area contributed by atoms with E-state index in [0.717, 1.165) is 38.3 Å². The van der Waals surface area contributed by atoms with Gasteiger partial charge in [-0.25, -0.2) is 4.79 Å². The second kappa shape index (κ2) is 8.37. The SMILES string of the molecule is O=C(NC1CCCCC1)N1CCC(c2nc(CCOCC3CC3)no2)C1. The molecule has 1 unspecified atom stereocenters. The van der Waals surface area contributed by atoms with Gasteiger partial charge in [0.05, 0.1) is 12.5 Å². The zero-order valence-corrected chi connectivity index (χ0v) is 15.5. The number of hydrogen-bond donors (Lipinski definition) is 1. The minimum absolute atomic E-state index is 0.0626. The Labute approximate surface area is 154 Å². The van der Waals surface area contributed by atoms with Crippen LogP contribution in [0.1, 0.15) is 69.0 Å². The fourth-order valence-corrected chi connectivity index (χ4v) is 3.89. The first-order valence-electron chi connectivity index (χ1n) is 10.2. The Balaban J connectivity index is 1.20. The molecule has 144 valence electrons. The lowest BCUT2D eigenvalue weighted by Crippen LogP contribution is -2.44. The molecule has 0 spiro atoms. The average Bonchev–Trinajstić information content (AvgIpc) is 3.16. The summed E-state index contributed by atoms with van der Waals surface area (Å²) in [7, 11) is 0. The molecule has 7 nitrogen and oxygen atoms in total. The summed E-state index contributed by atoms with van der Waals surface area (Å²) < 4.78 is 11.1. The highest BCUT2D eigenvalue weighted by Crippen LogP contribution is 2.29. The summed E-state index contributed by atoms with van der Waals surface area (Å²) in [5.74, 6) is 2.30. The Kier molecular flexibility index (Phi) is 5.72. The topological polar surface area (TPSA) is 80.5 Å². The number of likely N-dealkylation sites (tertiary alicyclic amines) is 1. The van der Waals surface area contributed by atoms with Crippen LogP contribution in [0.4, 0.5) is 4.79 Å². The van der Waals surface area contributed by atoms with Crippen LogP contribution in [-0.2, 0) is 11.2 Å². The lowest BCUT2D eigenvalue weighted by atomic mass is 9.96. The van der Waals surface area contributed by atoms with Crippen LogP contribution in [0.3, 0.4) is 0 Å². The average molecular weight is 362 g/mol. The minimum atomic E-state index is 0.0626. The third kappa shape index (κ3) is 4.75. The quantitative estimate of drug-likeness (QED) is 0.755. The first-order valence-corrected chi connectivity index (χ1v) is 10.2. The fourth-order valence-electron chi connectivity index (χ4n) is 3.89. The standard InChI is InChI=1S/C19H30N4O3/c24-19(20-16-4-2-1-3-5-16)23-10-8-15(12-23)18-21-17(22-26-18)9-11-25-13-14-6-7-14/h14-16H,1-13H2,(H,20,24). The number of ether oxygens (including phenoxy) is 1. The molecule has 1 aromatic heterocycles. The highest BCUT2D eigenvalue weighted by molar-refractivity contribution is 5.75. The van der Waals surface area contributed by atoms with E-state index >= 15 is 0 Å². The number of amides is 2. The van der Waals surface area contributed by atoms with Crippen molar-refractivity contribution in [2.75, 3.05) is 26.3 Å². The third-order valence-corrected chi connectivity index (χ3v) is 5.76. The van der Waals surface area contributed by atoms with Crippen molar-refractivity contribution in [3.05, 3.63) is 11.7 Å². The smallest absolute Gasteiger partial charge is 0.317 e. The molecule has 1 aromatic rings. The minimum Gasteiger partial charge on any atom is -0.381 e. The van der Waals surface area contributed by atoms with Crippen molar-refractivity contribution in [1.29, 1.82) is 0 Å². The Hall–Kier alpha value is -1.63. The van der Waals surface area contributed by atoms with Gasteiger partial charge in [0.1, 0.15) is 0 Å². The second-order valence-corrected chi connectivity index (χ2v) is 8.03. The molecule has 0 aromatic carbocycles. The fraction of sp³-hybridized carbons (Fsp3) is 0.842. The number of rotatable bonds is 7. The maximum atomic E-state index is 12.5. The van der Waals surface area contributed by atoms with E-state index in [-0.39, 0.29) is 11.9 Å². The van der Waals surface area contributed by atoms with Crippen molar-refractivity contribution in [2.24, 2.45) is 5.92 Å². The number of carbonyl (C=O) groups excluding carboxylic acids is 1. The molecule has 1 saturated heterocycles. The number of carbonyl (C=O) groups is 1. The molecule has 2 aliphatic carbocycles. The highest BCUT2D eigenvalue weighted by Gasteiger charge is 2.32. The van der Waals surface area contributed by atoms with Gasteiger partial charge in [-0.3, -0.25) is 0 Å². The van der Waals surface area contributed by atoms with Gasteiger partial charge in [0.15, 0.2) is 5.82 Å². The van der Waals surface area contributed by atoms with Crippen LogP contribution >= 0.6 is 0 Å². The zero-order valence-electron chi connectivity index (χ0n) is 15.5. The van der Waals surface area contributed by atoms with Crippen LogP contribution in [0.5, 0.6) is 0 Å². The van der Waals surface area contributed by atoms with Crippen LogP contribution < -0.4 is 5.32 Å². The van der Waals surface area contributed by atoms with E-state index in [1.165, 1.54) is 32.1 Å². The van der Waals surface area contributed by atoms with Gasteiger partial charge in [-0.1, -0.05) is 24.4 Å². The van der Waals surface area contributed by atoms with E-state index in [1.807, 2.05) is 4.90 Å². The van der Waals surface area contributed by atoms with Gasteiger partial charge in [-0.2, -0.15) is 4.98 Å². The molecule has 3 aliphatic rings. The normalized spacial score (nSPS) is 24.2. The van der Waals surface area contributed by atoms with E-state index < -0.39 is 0 Å². The largest absolute Gasteiger partial charge is 0.381 e. The summed E-state index contributed by atoms with van der Waals surface area (Å²) >= 11 is 0. The molecule has 1 aliphatic heterocycles. The molecule has 7 heteroatoms. The van der Waals surface area contributed by atoms with Crippen molar-refractivity contribution < 1.29 is 14.1 Å². The van der Waals surface area contributed by atoms with Crippen molar-refractivity contribution in [2.45, 2.75) is 69.7 Å². The summed E-state index contributed by atoms with van der Waals surface area (Å²) in [5.41, 5.74) is 0. The Morgan fingerprint density at radius 3 is 2.85 bits per heavy atom. The predicted molar refractivity (Wildman–Crippen MR) is 95.9 cm³/mol. The van der Waals surface area contributed by atoms with Crippen molar-refractivity contribution in [3.63, 3.8) is 0 Å². The highest BCUT2D eigenvalue weighted by atomic mass is 16.5. The summed E-state index contributed by atoms with van der Waals surface area (Å²) in [6, 6.07) is 0.411. The molecule has 4 rings (SSSR count). The molecule has 1 N–H and O–H groups in total. The summed E-state index contributed by atoms with van der Waals surface area (Å²) in [6.45, 7) is 2.93. The van der Waals surface area contributed by atoms with E-state index in [0.29, 0.717) is 37.3 Å². The number of hydrogen-bond acceptors (Lipinski definition) is 5. The maximum absolute atomic E-state index is 12.5. The molecule has 3 fully saturated rings. The van der Waals surface area contributed by atoms with Gasteiger partial charge in [0.2, 0.25) is 5.89 Å². The van der Waals surface area contributed by atoms with Crippen LogP contribution in [0.2, 0.25) is 0 Å². The van der Waals surface area contributed by atoms with Gasteiger partial charge < -0.3 is 19.5 Å². The second-order valence-electron chi connectivity index (χ2n) is 8.03. The lowest BCUT2D eigenvalue weighted by molar-refractivity contribution is 0.125. The molecule has 26 heavy (non-hydrogen) atoms. The summed E-state index contributed by atoms with van der Waals surface area (Å²) in [5, 5.41) is 7.26. The molecular weight excluding hydrogens is 332 g/mol. The summed E-state index contributed by atoms with van der Waals surface area (Å²) in [6.07, 6.45) is 10.1.